The van der Waals surface area contributed by atoms with Crippen LogP contribution < -0.4 is 0 Å². The molecular weight excluding hydrogens is 377 g/mol. The predicted octanol–water partition coefficient (Wildman–Crippen LogP) is 5.64. The van der Waals surface area contributed by atoms with Crippen LogP contribution in [0.15, 0.2) is 36.8 Å². The molecule has 0 saturated heterocycles. The van der Waals surface area contributed by atoms with Crippen LogP contribution in [0.25, 0.3) is 5.52 Å². The quantitative estimate of drug-likeness (QED) is 0.576. The van der Waals surface area contributed by atoms with Crippen molar-refractivity contribution in [3.63, 3.8) is 0 Å². The van der Waals surface area contributed by atoms with Gasteiger partial charge in [0.1, 0.15) is 5.82 Å². The molecular formula is C23H23F3N2O. The third kappa shape index (κ3) is 3.33. The number of benzene rings is 1. The van der Waals surface area contributed by atoms with Crippen molar-refractivity contribution in [1.82, 2.24) is 9.38 Å². The Morgan fingerprint density at radius 2 is 1.52 bits per heavy atom. The molecule has 1 aromatic carbocycles. The molecule has 0 aliphatic heterocycles. The number of nitrogens with zero attached hydrogens (tertiary/aromatic N) is 2. The molecule has 2 fully saturated rings. The average Bonchev–Trinajstić information content (AvgIpc) is 3.46. The van der Waals surface area contributed by atoms with E-state index in [4.69, 9.17) is 0 Å². The summed E-state index contributed by atoms with van der Waals surface area (Å²) in [7, 11) is 0. The zero-order valence-corrected chi connectivity index (χ0v) is 16.0. The number of aliphatic hydroxyl groups excluding tert-OH is 1. The number of aromatic nitrogens is 2. The standard InChI is InChI=1S/C23H23F3N2O/c24-19-10-21(26)20(25)9-18(19)14-3-5-15(6-4-14)23(29)22-17(13-1-2-13)8-7-16-11-27-12-28(16)22/h7-15,23,29H,1-6H2. The van der Waals surface area contributed by atoms with Crippen molar-refractivity contribution in [3.8, 4) is 0 Å². The fourth-order valence-electron chi connectivity index (χ4n) is 4.90. The van der Waals surface area contributed by atoms with Crippen molar-refractivity contribution < 1.29 is 18.3 Å². The zero-order chi connectivity index (χ0) is 20.1. The first-order valence-electron chi connectivity index (χ1n) is 10.3. The molecule has 2 aliphatic carbocycles. The molecule has 1 unspecified atom stereocenters. The lowest BCUT2D eigenvalue weighted by atomic mass is 9.75. The minimum absolute atomic E-state index is 0.0464. The minimum atomic E-state index is -1.16. The van der Waals surface area contributed by atoms with Gasteiger partial charge in [-0.05, 0) is 79.5 Å². The molecule has 0 amide bonds. The van der Waals surface area contributed by atoms with Gasteiger partial charge in [0.2, 0.25) is 0 Å². The molecule has 0 radical (unpaired) electrons. The van der Waals surface area contributed by atoms with E-state index in [0.29, 0.717) is 37.7 Å². The SMILES string of the molecule is OC(c1c(C2CC2)ccc2cncn12)C1CCC(c2cc(F)c(F)cc2F)CC1. The first-order valence-corrected chi connectivity index (χ1v) is 10.3. The minimum Gasteiger partial charge on any atom is -0.387 e. The zero-order valence-electron chi connectivity index (χ0n) is 16.0. The highest BCUT2D eigenvalue weighted by Gasteiger charge is 2.35. The fraction of sp³-hybridized carbons (Fsp3) is 0.435. The maximum atomic E-state index is 14.2. The molecule has 2 heterocycles. The third-order valence-electron chi connectivity index (χ3n) is 6.65. The molecule has 2 saturated carbocycles. The summed E-state index contributed by atoms with van der Waals surface area (Å²) >= 11 is 0. The molecule has 3 aromatic rings. The Hall–Kier alpha value is -2.34. The van der Waals surface area contributed by atoms with Crippen LogP contribution in [0, 0.1) is 23.4 Å². The third-order valence-corrected chi connectivity index (χ3v) is 6.65. The van der Waals surface area contributed by atoms with Crippen LogP contribution in [0.5, 0.6) is 0 Å². The molecule has 152 valence electrons. The summed E-state index contributed by atoms with van der Waals surface area (Å²) in [5, 5.41) is 11.3. The van der Waals surface area contributed by atoms with E-state index in [9.17, 15) is 18.3 Å². The molecule has 1 atom stereocenters. The molecule has 0 bridgehead atoms. The monoisotopic (exact) mass is 400 g/mol. The van der Waals surface area contributed by atoms with E-state index in [0.717, 1.165) is 30.1 Å². The number of hydrogen-bond acceptors (Lipinski definition) is 2. The maximum absolute atomic E-state index is 14.2. The van der Waals surface area contributed by atoms with E-state index >= 15 is 0 Å². The van der Waals surface area contributed by atoms with Crippen molar-refractivity contribution in [2.24, 2.45) is 5.92 Å². The van der Waals surface area contributed by atoms with Gasteiger partial charge in [-0.1, -0.05) is 6.07 Å². The van der Waals surface area contributed by atoms with Crippen molar-refractivity contribution in [1.29, 1.82) is 0 Å². The summed E-state index contributed by atoms with van der Waals surface area (Å²) in [6, 6.07) is 5.77. The van der Waals surface area contributed by atoms with Gasteiger partial charge in [-0.25, -0.2) is 18.2 Å². The number of halogens is 3. The summed E-state index contributed by atoms with van der Waals surface area (Å²) in [5.41, 5.74) is 3.31. The molecule has 1 N–H and O–H groups in total. The van der Waals surface area contributed by atoms with Crippen LogP contribution in [-0.4, -0.2) is 14.5 Å². The number of hydrogen-bond donors (Lipinski definition) is 1. The van der Waals surface area contributed by atoms with Crippen molar-refractivity contribution in [2.75, 3.05) is 0 Å². The second-order valence-electron chi connectivity index (χ2n) is 8.48. The van der Waals surface area contributed by atoms with E-state index in [-0.39, 0.29) is 17.4 Å². The molecule has 29 heavy (non-hydrogen) atoms. The van der Waals surface area contributed by atoms with Crippen molar-refractivity contribution in [2.45, 2.75) is 56.5 Å². The normalized spacial score (nSPS) is 23.4. The van der Waals surface area contributed by atoms with Crippen LogP contribution in [0.3, 0.4) is 0 Å². The Labute approximate surface area is 167 Å². The van der Waals surface area contributed by atoms with Crippen LogP contribution in [-0.2, 0) is 0 Å². The first kappa shape index (κ1) is 18.7. The summed E-state index contributed by atoms with van der Waals surface area (Å²) in [6.45, 7) is 0. The highest BCUT2D eigenvalue weighted by atomic mass is 19.2. The lowest BCUT2D eigenvalue weighted by molar-refractivity contribution is 0.0751. The van der Waals surface area contributed by atoms with Crippen LogP contribution in [0.1, 0.15) is 73.3 Å². The van der Waals surface area contributed by atoms with E-state index in [1.807, 2.05) is 10.5 Å². The number of imidazole rings is 1. The van der Waals surface area contributed by atoms with Crippen molar-refractivity contribution in [3.05, 3.63) is 71.1 Å². The van der Waals surface area contributed by atoms with Crippen LogP contribution in [0.2, 0.25) is 0 Å². The lowest BCUT2D eigenvalue weighted by Gasteiger charge is -2.33. The Bertz CT molecular complexity index is 1050. The number of aliphatic hydroxyl groups is 1. The Kier molecular flexibility index (Phi) is 4.62. The first-order chi connectivity index (χ1) is 14.0. The second-order valence-corrected chi connectivity index (χ2v) is 8.48. The summed E-state index contributed by atoms with van der Waals surface area (Å²) < 4.78 is 43.0. The van der Waals surface area contributed by atoms with Gasteiger partial charge in [-0.2, -0.15) is 0 Å². The number of pyridine rings is 1. The van der Waals surface area contributed by atoms with E-state index < -0.39 is 23.6 Å². The number of rotatable bonds is 4. The smallest absolute Gasteiger partial charge is 0.161 e. The van der Waals surface area contributed by atoms with Gasteiger partial charge in [0.15, 0.2) is 11.6 Å². The Morgan fingerprint density at radius 3 is 2.24 bits per heavy atom. The average molecular weight is 400 g/mol. The van der Waals surface area contributed by atoms with Gasteiger partial charge >= 0.3 is 0 Å². The molecule has 5 rings (SSSR count). The van der Waals surface area contributed by atoms with E-state index in [2.05, 4.69) is 11.1 Å². The highest BCUT2D eigenvalue weighted by molar-refractivity contribution is 5.50. The fourth-order valence-corrected chi connectivity index (χ4v) is 4.90. The number of fused-ring (bicyclic) bond motifs is 1. The van der Waals surface area contributed by atoms with E-state index in [1.54, 1.807) is 12.5 Å². The molecule has 3 nitrogen and oxygen atoms in total. The molecule has 2 aliphatic rings. The summed E-state index contributed by atoms with van der Waals surface area (Å²) in [4.78, 5) is 4.23. The van der Waals surface area contributed by atoms with Gasteiger partial charge < -0.3 is 9.51 Å². The summed E-state index contributed by atoms with van der Waals surface area (Å²) in [5.74, 6) is -2.46. The molecule has 0 spiro atoms. The van der Waals surface area contributed by atoms with Gasteiger partial charge in [0.05, 0.1) is 29.8 Å². The van der Waals surface area contributed by atoms with Gasteiger partial charge in [-0.15, -0.1) is 0 Å². The highest BCUT2D eigenvalue weighted by Crippen LogP contribution is 2.47. The maximum Gasteiger partial charge on any atom is 0.161 e. The largest absolute Gasteiger partial charge is 0.387 e. The second kappa shape index (κ2) is 7.17. The van der Waals surface area contributed by atoms with Gasteiger partial charge in [0.25, 0.3) is 0 Å². The Balaban J connectivity index is 1.38. The lowest BCUT2D eigenvalue weighted by Crippen LogP contribution is -2.23. The van der Waals surface area contributed by atoms with Crippen molar-refractivity contribution >= 4 is 5.52 Å². The topological polar surface area (TPSA) is 37.5 Å². The molecule has 6 heteroatoms. The summed E-state index contributed by atoms with van der Waals surface area (Å²) in [6.07, 6.45) is 7.89. The van der Waals surface area contributed by atoms with Gasteiger partial charge in [0, 0.05) is 6.07 Å². The van der Waals surface area contributed by atoms with E-state index in [1.165, 1.54) is 5.56 Å². The van der Waals surface area contributed by atoms with Crippen LogP contribution in [0.4, 0.5) is 13.2 Å². The Morgan fingerprint density at radius 1 is 0.862 bits per heavy atom. The predicted molar refractivity (Wildman–Crippen MR) is 103 cm³/mol. The molecule has 2 aromatic heterocycles. The van der Waals surface area contributed by atoms with Crippen LogP contribution >= 0.6 is 0 Å². The van der Waals surface area contributed by atoms with Gasteiger partial charge in [-0.3, -0.25) is 0 Å².